The van der Waals surface area contributed by atoms with Crippen LogP contribution in [0.15, 0.2) is 71.5 Å². The van der Waals surface area contributed by atoms with E-state index in [1.54, 1.807) is 41.8 Å². The van der Waals surface area contributed by atoms with Crippen LogP contribution >= 0.6 is 0 Å². The van der Waals surface area contributed by atoms with E-state index in [1.165, 1.54) is 6.07 Å². The van der Waals surface area contributed by atoms with E-state index in [9.17, 15) is 14.0 Å². The number of nitrogens with zero attached hydrogens (tertiary/aromatic N) is 3. The summed E-state index contributed by atoms with van der Waals surface area (Å²) in [7, 11) is 0. The Hall–Kier alpha value is -4.00. The van der Waals surface area contributed by atoms with Gasteiger partial charge in [-0.25, -0.2) is 9.37 Å². The highest BCUT2D eigenvalue weighted by atomic mass is 19.1. The highest BCUT2D eigenvalue weighted by Crippen LogP contribution is 2.20. The van der Waals surface area contributed by atoms with Crippen LogP contribution in [-0.2, 0) is 6.54 Å². The maximum Gasteiger partial charge on any atom is 0.263 e. The average Bonchev–Trinajstić information content (AvgIpc) is 2.84. The topological polar surface area (TPSA) is 67.2 Å². The molecule has 0 atom stereocenters. The van der Waals surface area contributed by atoms with Gasteiger partial charge in [0.25, 0.3) is 11.5 Å². The normalized spacial score (nSPS) is 10.9. The SMILES string of the molecule is CCN(CC)c1nc2cc(C(=O)Nc3ccc(C)c(F)c3)ccc2c(=O)n1Cc1ccccc1. The minimum absolute atomic E-state index is 0.164. The minimum Gasteiger partial charge on any atom is -0.343 e. The number of benzene rings is 3. The Labute approximate surface area is 197 Å². The van der Waals surface area contributed by atoms with Crippen LogP contribution in [0, 0.1) is 12.7 Å². The van der Waals surface area contributed by atoms with Crippen LogP contribution in [0.4, 0.5) is 16.0 Å². The lowest BCUT2D eigenvalue weighted by Crippen LogP contribution is -2.33. The number of aryl methyl sites for hydroxylation is 1. The number of rotatable bonds is 7. The Kier molecular flexibility index (Phi) is 6.72. The quantitative estimate of drug-likeness (QED) is 0.424. The standard InChI is InChI=1S/C27H27FN4O2/c1-4-31(5-2)27-30-24-15-20(25(33)29-21-13-11-18(3)23(28)16-21)12-14-22(24)26(34)32(27)17-19-9-7-6-8-10-19/h6-16H,4-5,17H2,1-3H3,(H,29,33). The average molecular weight is 459 g/mol. The molecule has 0 unspecified atom stereocenters. The van der Waals surface area contributed by atoms with Crippen molar-refractivity contribution in [3.8, 4) is 0 Å². The fourth-order valence-corrected chi connectivity index (χ4v) is 3.88. The molecule has 0 aliphatic carbocycles. The molecular formula is C27H27FN4O2. The van der Waals surface area contributed by atoms with E-state index >= 15 is 0 Å². The van der Waals surface area contributed by atoms with Gasteiger partial charge in [0.2, 0.25) is 5.95 Å². The van der Waals surface area contributed by atoms with E-state index in [1.807, 2.05) is 49.1 Å². The maximum atomic E-state index is 13.9. The van der Waals surface area contributed by atoms with Gasteiger partial charge in [-0.3, -0.25) is 14.2 Å². The predicted octanol–water partition coefficient (Wildman–Crippen LogP) is 4.99. The van der Waals surface area contributed by atoms with Crippen molar-refractivity contribution in [3.63, 3.8) is 0 Å². The molecule has 0 aliphatic heterocycles. The number of fused-ring (bicyclic) bond motifs is 1. The summed E-state index contributed by atoms with van der Waals surface area (Å²) < 4.78 is 15.5. The molecule has 4 aromatic rings. The summed E-state index contributed by atoms with van der Waals surface area (Å²) in [5.41, 5.74) is 2.49. The minimum atomic E-state index is -0.398. The number of anilines is 2. The summed E-state index contributed by atoms with van der Waals surface area (Å²) in [6, 6.07) is 19.1. The fraction of sp³-hybridized carbons (Fsp3) is 0.222. The van der Waals surface area contributed by atoms with Crippen LogP contribution < -0.4 is 15.8 Å². The summed E-state index contributed by atoms with van der Waals surface area (Å²) in [4.78, 5) is 33.1. The fourth-order valence-electron chi connectivity index (χ4n) is 3.88. The molecule has 0 radical (unpaired) electrons. The molecule has 174 valence electrons. The molecule has 1 amide bonds. The van der Waals surface area contributed by atoms with Crippen molar-refractivity contribution in [2.75, 3.05) is 23.3 Å². The van der Waals surface area contributed by atoms with Gasteiger partial charge in [-0.1, -0.05) is 36.4 Å². The lowest BCUT2D eigenvalue weighted by atomic mass is 10.1. The van der Waals surface area contributed by atoms with E-state index in [4.69, 9.17) is 4.98 Å². The number of carbonyl (C=O) groups excluding carboxylic acids is 1. The van der Waals surface area contributed by atoms with Crippen molar-refractivity contribution in [1.82, 2.24) is 9.55 Å². The third kappa shape index (κ3) is 4.69. The Morgan fingerprint density at radius 1 is 1.03 bits per heavy atom. The summed E-state index contributed by atoms with van der Waals surface area (Å²) in [5.74, 6) is -0.227. The van der Waals surface area contributed by atoms with Gasteiger partial charge >= 0.3 is 0 Å². The second kappa shape index (κ2) is 9.87. The first kappa shape index (κ1) is 23.2. The van der Waals surface area contributed by atoms with Gasteiger partial charge in [-0.15, -0.1) is 0 Å². The Morgan fingerprint density at radius 3 is 2.44 bits per heavy atom. The number of amides is 1. The molecule has 0 spiro atoms. The number of hydrogen-bond acceptors (Lipinski definition) is 4. The molecule has 1 N–H and O–H groups in total. The Bertz CT molecular complexity index is 1400. The van der Waals surface area contributed by atoms with E-state index in [0.717, 1.165) is 5.56 Å². The molecule has 1 aromatic heterocycles. The van der Waals surface area contributed by atoms with Crippen LogP contribution in [0.3, 0.4) is 0 Å². The van der Waals surface area contributed by atoms with Gasteiger partial charge in [0.05, 0.1) is 17.4 Å². The summed E-state index contributed by atoms with van der Waals surface area (Å²) in [6.07, 6.45) is 0. The first-order valence-electron chi connectivity index (χ1n) is 11.3. The van der Waals surface area contributed by atoms with Crippen LogP contribution in [0.5, 0.6) is 0 Å². The zero-order valence-corrected chi connectivity index (χ0v) is 19.5. The lowest BCUT2D eigenvalue weighted by molar-refractivity contribution is 0.102. The lowest BCUT2D eigenvalue weighted by Gasteiger charge is -2.24. The third-order valence-corrected chi connectivity index (χ3v) is 5.86. The highest BCUT2D eigenvalue weighted by Gasteiger charge is 2.17. The molecule has 7 heteroatoms. The number of aromatic nitrogens is 2. The molecule has 34 heavy (non-hydrogen) atoms. The third-order valence-electron chi connectivity index (χ3n) is 5.86. The van der Waals surface area contributed by atoms with Crippen molar-refractivity contribution < 1.29 is 9.18 Å². The summed E-state index contributed by atoms with van der Waals surface area (Å²) >= 11 is 0. The molecule has 0 saturated carbocycles. The van der Waals surface area contributed by atoms with E-state index in [0.29, 0.717) is 53.3 Å². The molecule has 0 aliphatic rings. The largest absolute Gasteiger partial charge is 0.343 e. The van der Waals surface area contributed by atoms with Crippen molar-refractivity contribution in [1.29, 1.82) is 0 Å². The predicted molar refractivity (Wildman–Crippen MR) is 134 cm³/mol. The first-order chi connectivity index (χ1) is 16.4. The van der Waals surface area contributed by atoms with Gasteiger partial charge in [-0.2, -0.15) is 0 Å². The van der Waals surface area contributed by atoms with Crippen LogP contribution in [0.1, 0.15) is 35.3 Å². The van der Waals surface area contributed by atoms with Crippen molar-refractivity contribution in [2.24, 2.45) is 0 Å². The van der Waals surface area contributed by atoms with Crippen LogP contribution in [0.25, 0.3) is 10.9 Å². The summed E-state index contributed by atoms with van der Waals surface area (Å²) in [6.45, 7) is 7.45. The monoisotopic (exact) mass is 458 g/mol. The van der Waals surface area contributed by atoms with E-state index in [-0.39, 0.29) is 11.4 Å². The van der Waals surface area contributed by atoms with Gasteiger partial charge in [0.1, 0.15) is 5.82 Å². The smallest absolute Gasteiger partial charge is 0.263 e. The molecule has 0 saturated heterocycles. The zero-order chi connectivity index (χ0) is 24.2. The van der Waals surface area contributed by atoms with Crippen molar-refractivity contribution >= 4 is 28.4 Å². The summed E-state index contributed by atoms with van der Waals surface area (Å²) in [5, 5.41) is 3.14. The number of hydrogen-bond donors (Lipinski definition) is 1. The second-order valence-electron chi connectivity index (χ2n) is 8.11. The molecule has 0 bridgehead atoms. The van der Waals surface area contributed by atoms with Gasteiger partial charge in [0, 0.05) is 24.3 Å². The number of halogens is 1. The number of carbonyl (C=O) groups is 1. The van der Waals surface area contributed by atoms with Crippen molar-refractivity contribution in [3.05, 3.63) is 99.6 Å². The second-order valence-corrected chi connectivity index (χ2v) is 8.11. The van der Waals surface area contributed by atoms with Gasteiger partial charge in [-0.05, 0) is 62.2 Å². The van der Waals surface area contributed by atoms with Gasteiger partial charge in [0.15, 0.2) is 0 Å². The Balaban J connectivity index is 1.76. The molecule has 4 rings (SSSR count). The van der Waals surface area contributed by atoms with Gasteiger partial charge < -0.3 is 10.2 Å². The molecular weight excluding hydrogens is 431 g/mol. The first-order valence-corrected chi connectivity index (χ1v) is 11.3. The highest BCUT2D eigenvalue weighted by molar-refractivity contribution is 6.06. The zero-order valence-electron chi connectivity index (χ0n) is 19.5. The van der Waals surface area contributed by atoms with E-state index < -0.39 is 5.91 Å². The molecule has 6 nitrogen and oxygen atoms in total. The van der Waals surface area contributed by atoms with E-state index in [2.05, 4.69) is 5.32 Å². The van der Waals surface area contributed by atoms with Crippen LogP contribution in [0.2, 0.25) is 0 Å². The van der Waals surface area contributed by atoms with Crippen molar-refractivity contribution in [2.45, 2.75) is 27.3 Å². The molecule has 1 heterocycles. The molecule has 3 aromatic carbocycles. The Morgan fingerprint density at radius 2 is 1.76 bits per heavy atom. The maximum absolute atomic E-state index is 13.9. The molecule has 0 fully saturated rings. The number of nitrogens with one attached hydrogen (secondary N) is 1. The van der Waals surface area contributed by atoms with Crippen LogP contribution in [-0.4, -0.2) is 28.5 Å².